The monoisotopic (exact) mass is 291 g/mol. The maximum absolute atomic E-state index is 11.3. The predicted molar refractivity (Wildman–Crippen MR) is 78.8 cm³/mol. The molecule has 0 spiro atoms. The number of aromatic nitrogens is 1. The molecule has 0 radical (unpaired) electrons. The lowest BCUT2D eigenvalue weighted by Crippen LogP contribution is -2.34. The predicted octanol–water partition coefficient (Wildman–Crippen LogP) is 2.01. The van der Waals surface area contributed by atoms with Crippen LogP contribution in [0.3, 0.4) is 0 Å². The molecule has 1 aliphatic rings. The summed E-state index contributed by atoms with van der Waals surface area (Å²) in [4.78, 5) is 15.6. The highest BCUT2D eigenvalue weighted by atomic mass is 16.7. The molecule has 0 N–H and O–H groups in total. The van der Waals surface area contributed by atoms with E-state index in [1.54, 1.807) is 13.1 Å². The molecule has 0 saturated heterocycles. The molecule has 2 rings (SSSR count). The van der Waals surface area contributed by atoms with Gasteiger partial charge in [-0.1, -0.05) is 6.08 Å². The third-order valence-corrected chi connectivity index (χ3v) is 3.44. The van der Waals surface area contributed by atoms with E-state index in [1.807, 2.05) is 12.1 Å². The molecule has 114 valence electrons. The lowest BCUT2D eigenvalue weighted by Gasteiger charge is -2.23. The van der Waals surface area contributed by atoms with Crippen molar-refractivity contribution in [3.05, 3.63) is 35.7 Å². The fourth-order valence-corrected chi connectivity index (χ4v) is 2.24. The van der Waals surface area contributed by atoms with E-state index < -0.39 is 5.60 Å². The highest BCUT2D eigenvalue weighted by molar-refractivity contribution is 5.67. The summed E-state index contributed by atoms with van der Waals surface area (Å²) < 4.78 is 15.6. The number of carbonyl (C=O) groups is 1. The molecule has 5 nitrogen and oxygen atoms in total. The summed E-state index contributed by atoms with van der Waals surface area (Å²) in [5.74, 6) is 0. The van der Waals surface area contributed by atoms with Crippen molar-refractivity contribution in [2.45, 2.75) is 25.4 Å². The van der Waals surface area contributed by atoms with Crippen LogP contribution in [0.1, 0.15) is 24.6 Å². The molecule has 0 aliphatic carbocycles. The van der Waals surface area contributed by atoms with Crippen LogP contribution >= 0.6 is 0 Å². The van der Waals surface area contributed by atoms with Gasteiger partial charge >= 0.3 is 0 Å². The maximum Gasteiger partial charge on any atom is 0.152 e. The highest BCUT2D eigenvalue weighted by Crippen LogP contribution is 2.23. The van der Waals surface area contributed by atoms with E-state index in [0.717, 1.165) is 30.6 Å². The third-order valence-electron chi connectivity index (χ3n) is 3.44. The van der Waals surface area contributed by atoms with Crippen LogP contribution in [0, 0.1) is 0 Å². The molecule has 0 bridgehead atoms. The first kappa shape index (κ1) is 15.8. The third kappa shape index (κ3) is 4.46. The minimum absolute atomic E-state index is 0.0808. The fraction of sp³-hybridized carbons (Fsp3) is 0.500. The van der Waals surface area contributed by atoms with Gasteiger partial charge < -0.3 is 19.0 Å². The average Bonchev–Trinajstić information content (AvgIpc) is 2.54. The molecular formula is C16H21NO4. The van der Waals surface area contributed by atoms with Gasteiger partial charge in [0.15, 0.2) is 6.29 Å². The minimum atomic E-state index is -0.925. The zero-order chi connectivity index (χ0) is 15.1. The maximum atomic E-state index is 11.3. The van der Waals surface area contributed by atoms with Gasteiger partial charge in [0.1, 0.15) is 12.4 Å². The zero-order valence-electron chi connectivity index (χ0n) is 12.5. The van der Waals surface area contributed by atoms with Crippen LogP contribution in [0.5, 0.6) is 0 Å². The van der Waals surface area contributed by atoms with Crippen molar-refractivity contribution in [1.29, 1.82) is 0 Å². The molecular weight excluding hydrogens is 270 g/mol. The van der Waals surface area contributed by atoms with Gasteiger partial charge in [-0.25, -0.2) is 0 Å². The van der Waals surface area contributed by atoms with Gasteiger partial charge in [-0.2, -0.15) is 0 Å². The van der Waals surface area contributed by atoms with E-state index in [2.05, 4.69) is 11.1 Å². The van der Waals surface area contributed by atoms with Crippen molar-refractivity contribution in [1.82, 2.24) is 4.98 Å². The SMILES string of the molecule is COCO[C@](C)(C=O)Cc1cc(C2=CCOCC2)ccn1. The number of hydrogen-bond acceptors (Lipinski definition) is 5. The number of carbonyl (C=O) groups excluding carboxylic acids is 1. The number of aldehydes is 1. The Morgan fingerprint density at radius 1 is 1.52 bits per heavy atom. The Kier molecular flexibility index (Phi) is 5.61. The topological polar surface area (TPSA) is 57.7 Å². The summed E-state index contributed by atoms with van der Waals surface area (Å²) in [5.41, 5.74) is 2.29. The number of ether oxygens (including phenoxy) is 3. The summed E-state index contributed by atoms with van der Waals surface area (Å²) in [6, 6.07) is 3.99. The summed E-state index contributed by atoms with van der Waals surface area (Å²) in [5, 5.41) is 0. The Bertz CT molecular complexity index is 515. The standard InChI is InChI=1S/C16H21NO4/c1-16(11-18,21-12-19-2)10-15-9-14(3-6-17-15)13-4-7-20-8-5-13/h3-4,6,9,11H,5,7-8,10,12H2,1-2H3/t16-/m0/s1. The van der Waals surface area contributed by atoms with Crippen molar-refractivity contribution in [3.8, 4) is 0 Å². The molecule has 1 aromatic rings. The Morgan fingerprint density at radius 2 is 2.38 bits per heavy atom. The molecule has 1 aliphatic heterocycles. The smallest absolute Gasteiger partial charge is 0.152 e. The van der Waals surface area contributed by atoms with Crippen LogP contribution < -0.4 is 0 Å². The normalized spacial score (nSPS) is 17.9. The van der Waals surface area contributed by atoms with Gasteiger partial charge in [0.25, 0.3) is 0 Å². The first-order valence-electron chi connectivity index (χ1n) is 6.98. The van der Waals surface area contributed by atoms with E-state index in [-0.39, 0.29) is 6.79 Å². The molecule has 0 fully saturated rings. The molecule has 1 aromatic heterocycles. The van der Waals surface area contributed by atoms with Gasteiger partial charge in [0, 0.05) is 25.4 Å². The summed E-state index contributed by atoms with van der Waals surface area (Å²) in [6.45, 7) is 3.21. The van der Waals surface area contributed by atoms with E-state index in [0.29, 0.717) is 13.0 Å². The van der Waals surface area contributed by atoms with Crippen molar-refractivity contribution >= 4 is 11.9 Å². The van der Waals surface area contributed by atoms with Gasteiger partial charge in [-0.3, -0.25) is 4.98 Å². The van der Waals surface area contributed by atoms with Crippen LogP contribution in [0.2, 0.25) is 0 Å². The molecule has 21 heavy (non-hydrogen) atoms. The van der Waals surface area contributed by atoms with Gasteiger partial charge in [0.2, 0.25) is 0 Å². The second kappa shape index (κ2) is 7.45. The van der Waals surface area contributed by atoms with Crippen molar-refractivity contribution in [3.63, 3.8) is 0 Å². The Hall–Kier alpha value is -1.56. The number of rotatable bonds is 7. The van der Waals surface area contributed by atoms with Gasteiger partial charge in [-0.05, 0) is 36.6 Å². The van der Waals surface area contributed by atoms with E-state index in [9.17, 15) is 4.79 Å². The Labute approximate surface area is 124 Å². The van der Waals surface area contributed by atoms with Crippen molar-refractivity contribution < 1.29 is 19.0 Å². The lowest BCUT2D eigenvalue weighted by atomic mass is 9.97. The van der Waals surface area contributed by atoms with Crippen LogP contribution in [0.4, 0.5) is 0 Å². The Morgan fingerprint density at radius 3 is 3.05 bits per heavy atom. The molecule has 0 aromatic carbocycles. The largest absolute Gasteiger partial charge is 0.377 e. The highest BCUT2D eigenvalue weighted by Gasteiger charge is 2.26. The fourth-order valence-electron chi connectivity index (χ4n) is 2.24. The molecule has 0 unspecified atom stereocenters. The molecule has 0 saturated carbocycles. The van der Waals surface area contributed by atoms with Gasteiger partial charge in [-0.15, -0.1) is 0 Å². The molecule has 2 heterocycles. The average molecular weight is 291 g/mol. The van der Waals surface area contributed by atoms with Crippen LogP contribution in [0.25, 0.3) is 5.57 Å². The first-order valence-corrected chi connectivity index (χ1v) is 6.98. The quantitative estimate of drug-likeness (QED) is 0.568. The lowest BCUT2D eigenvalue weighted by molar-refractivity contribution is -0.147. The van der Waals surface area contributed by atoms with Crippen molar-refractivity contribution in [2.75, 3.05) is 27.1 Å². The second-order valence-corrected chi connectivity index (χ2v) is 5.25. The van der Waals surface area contributed by atoms with Crippen LogP contribution in [0.15, 0.2) is 24.4 Å². The summed E-state index contributed by atoms with van der Waals surface area (Å²) >= 11 is 0. The van der Waals surface area contributed by atoms with E-state index >= 15 is 0 Å². The minimum Gasteiger partial charge on any atom is -0.377 e. The van der Waals surface area contributed by atoms with Gasteiger partial charge in [0.05, 0.1) is 13.2 Å². The van der Waals surface area contributed by atoms with E-state index in [1.165, 1.54) is 12.7 Å². The number of nitrogens with zero attached hydrogens (tertiary/aromatic N) is 1. The second-order valence-electron chi connectivity index (χ2n) is 5.25. The number of methoxy groups -OCH3 is 1. The number of hydrogen-bond donors (Lipinski definition) is 0. The molecule has 5 heteroatoms. The molecule has 0 amide bonds. The van der Waals surface area contributed by atoms with Crippen molar-refractivity contribution in [2.24, 2.45) is 0 Å². The first-order chi connectivity index (χ1) is 10.2. The Balaban J connectivity index is 2.13. The van der Waals surface area contributed by atoms with Crippen LogP contribution in [-0.4, -0.2) is 44.0 Å². The zero-order valence-corrected chi connectivity index (χ0v) is 12.5. The molecule has 1 atom stereocenters. The number of pyridine rings is 1. The van der Waals surface area contributed by atoms with E-state index in [4.69, 9.17) is 14.2 Å². The summed E-state index contributed by atoms with van der Waals surface area (Å²) in [6.07, 6.45) is 5.96. The van der Waals surface area contributed by atoms with Crippen LogP contribution in [-0.2, 0) is 25.4 Å². The summed E-state index contributed by atoms with van der Waals surface area (Å²) in [7, 11) is 1.53.